The molecular weight excluding hydrogens is 414 g/mol. The molecule has 0 saturated carbocycles. The van der Waals surface area contributed by atoms with E-state index in [-0.39, 0.29) is 18.0 Å². The second kappa shape index (κ2) is 8.21. The summed E-state index contributed by atoms with van der Waals surface area (Å²) >= 11 is 4.58. The summed E-state index contributed by atoms with van der Waals surface area (Å²) in [5, 5.41) is 13.7. The summed E-state index contributed by atoms with van der Waals surface area (Å²) in [6, 6.07) is 9.50. The van der Waals surface area contributed by atoms with Crippen molar-refractivity contribution in [3.8, 4) is 0 Å². The second-order valence-electron chi connectivity index (χ2n) is 5.94. The first-order valence-electron chi connectivity index (χ1n) is 8.33. The fraction of sp³-hybridized carbons (Fsp3) is 0.167. The van der Waals surface area contributed by atoms with Gasteiger partial charge in [0.15, 0.2) is 4.34 Å². The van der Waals surface area contributed by atoms with Gasteiger partial charge in [-0.25, -0.2) is 4.98 Å². The Kier molecular flexibility index (Phi) is 5.51. The lowest BCUT2D eigenvalue weighted by Crippen LogP contribution is -2.28. The predicted molar refractivity (Wildman–Crippen MR) is 113 cm³/mol. The highest BCUT2D eigenvalue weighted by molar-refractivity contribution is 8.00. The Morgan fingerprint density at radius 3 is 2.96 bits per heavy atom. The minimum Gasteiger partial charge on any atom is -0.299 e. The molecule has 0 radical (unpaired) electrons. The molecule has 0 unspecified atom stereocenters. The molecule has 0 atom stereocenters. The van der Waals surface area contributed by atoms with E-state index < -0.39 is 0 Å². The van der Waals surface area contributed by atoms with Crippen molar-refractivity contribution in [2.24, 2.45) is 0 Å². The van der Waals surface area contributed by atoms with E-state index in [2.05, 4.69) is 26.6 Å². The Bertz CT molecular complexity index is 1180. The number of aryl methyl sites for hydroxylation is 1. The normalized spacial score (nSPS) is 11.0. The highest BCUT2D eigenvalue weighted by atomic mass is 32.2. The van der Waals surface area contributed by atoms with Gasteiger partial charge in [0, 0.05) is 10.6 Å². The molecule has 0 aliphatic rings. The van der Waals surface area contributed by atoms with Gasteiger partial charge in [-0.3, -0.25) is 19.5 Å². The molecule has 4 aromatic rings. The van der Waals surface area contributed by atoms with Gasteiger partial charge in [-0.2, -0.15) is 0 Å². The van der Waals surface area contributed by atoms with E-state index in [0.717, 1.165) is 15.7 Å². The number of fused-ring (bicyclic) bond motifs is 1. The van der Waals surface area contributed by atoms with Crippen LogP contribution in [0.3, 0.4) is 0 Å². The quantitative estimate of drug-likeness (QED) is 0.372. The number of benzene rings is 1. The van der Waals surface area contributed by atoms with Gasteiger partial charge in [0.05, 0.1) is 17.2 Å². The molecule has 0 aliphatic carbocycles. The summed E-state index contributed by atoms with van der Waals surface area (Å²) in [6.07, 6.45) is 1.40. The third kappa shape index (κ3) is 4.13. The first-order chi connectivity index (χ1) is 13.6. The molecule has 0 fully saturated rings. The standard InChI is InChI=1S/C18H15N5O2S3/c1-11-4-2-6-13-15(11)19-10-23(16(13)25)8-14(24)20-17-21-22-18(28-17)27-9-12-5-3-7-26-12/h2-7,10H,8-9H2,1H3,(H,20,21,24). The number of para-hydroxylation sites is 1. The van der Waals surface area contributed by atoms with Crippen molar-refractivity contribution >= 4 is 56.4 Å². The van der Waals surface area contributed by atoms with E-state index in [9.17, 15) is 9.59 Å². The van der Waals surface area contributed by atoms with Crippen molar-refractivity contribution in [2.45, 2.75) is 23.6 Å². The maximum Gasteiger partial charge on any atom is 0.261 e. The summed E-state index contributed by atoms with van der Waals surface area (Å²) in [6.45, 7) is 1.77. The highest BCUT2D eigenvalue weighted by Crippen LogP contribution is 2.29. The Balaban J connectivity index is 1.41. The van der Waals surface area contributed by atoms with E-state index in [4.69, 9.17) is 0 Å². The monoisotopic (exact) mass is 429 g/mol. The number of amides is 1. The number of aromatic nitrogens is 4. The zero-order chi connectivity index (χ0) is 19.5. The molecule has 0 saturated heterocycles. The van der Waals surface area contributed by atoms with Crippen LogP contribution in [0.25, 0.3) is 10.9 Å². The summed E-state index contributed by atoms with van der Waals surface area (Å²) < 4.78 is 2.08. The van der Waals surface area contributed by atoms with E-state index >= 15 is 0 Å². The van der Waals surface area contributed by atoms with E-state index in [0.29, 0.717) is 16.0 Å². The van der Waals surface area contributed by atoms with Crippen LogP contribution in [0.1, 0.15) is 10.4 Å². The van der Waals surface area contributed by atoms with Crippen molar-refractivity contribution in [1.82, 2.24) is 19.7 Å². The minimum absolute atomic E-state index is 0.132. The maximum atomic E-state index is 12.6. The van der Waals surface area contributed by atoms with Gasteiger partial charge in [-0.05, 0) is 30.0 Å². The van der Waals surface area contributed by atoms with Crippen LogP contribution in [0, 0.1) is 6.92 Å². The van der Waals surface area contributed by atoms with Crippen LogP contribution >= 0.6 is 34.4 Å². The number of hydrogen-bond acceptors (Lipinski definition) is 8. The van der Waals surface area contributed by atoms with Gasteiger partial charge >= 0.3 is 0 Å². The lowest BCUT2D eigenvalue weighted by molar-refractivity contribution is -0.116. The molecule has 4 rings (SSSR count). The summed E-state index contributed by atoms with van der Waals surface area (Å²) in [4.78, 5) is 30.5. The van der Waals surface area contributed by atoms with Crippen molar-refractivity contribution in [3.63, 3.8) is 0 Å². The molecule has 1 amide bonds. The first kappa shape index (κ1) is 18.8. The van der Waals surface area contributed by atoms with Gasteiger partial charge in [-0.15, -0.1) is 21.5 Å². The van der Waals surface area contributed by atoms with Gasteiger partial charge in [0.2, 0.25) is 11.0 Å². The highest BCUT2D eigenvalue weighted by Gasteiger charge is 2.12. The number of thioether (sulfide) groups is 1. The average molecular weight is 430 g/mol. The number of anilines is 1. The van der Waals surface area contributed by atoms with Crippen LogP contribution in [0.15, 0.2) is 51.2 Å². The Hall–Kier alpha value is -2.56. The molecule has 1 aromatic carbocycles. The van der Waals surface area contributed by atoms with Crippen LogP contribution in [0.2, 0.25) is 0 Å². The minimum atomic E-state index is -0.346. The molecule has 3 heterocycles. The SMILES string of the molecule is Cc1cccc2c(=O)n(CC(=O)Nc3nnc(SCc4cccs4)s3)cnc12. The van der Waals surface area contributed by atoms with Crippen LogP contribution in [0.5, 0.6) is 0 Å². The Labute approximate surface area is 172 Å². The van der Waals surface area contributed by atoms with E-state index in [1.54, 1.807) is 29.2 Å². The number of carbonyl (C=O) groups is 1. The van der Waals surface area contributed by atoms with Gasteiger partial charge in [-0.1, -0.05) is 41.3 Å². The van der Waals surface area contributed by atoms with Crippen molar-refractivity contribution in [2.75, 3.05) is 5.32 Å². The molecule has 7 nitrogen and oxygen atoms in total. The van der Waals surface area contributed by atoms with Crippen molar-refractivity contribution in [3.05, 3.63) is 62.8 Å². The molecule has 28 heavy (non-hydrogen) atoms. The van der Waals surface area contributed by atoms with Gasteiger partial charge in [0.1, 0.15) is 6.54 Å². The molecule has 10 heteroatoms. The van der Waals surface area contributed by atoms with Gasteiger partial charge in [0.25, 0.3) is 5.56 Å². The topological polar surface area (TPSA) is 89.8 Å². The summed E-state index contributed by atoms with van der Waals surface area (Å²) in [7, 11) is 0. The number of nitrogens with zero attached hydrogens (tertiary/aromatic N) is 4. The molecule has 0 spiro atoms. The zero-order valence-electron chi connectivity index (χ0n) is 14.8. The van der Waals surface area contributed by atoms with Crippen LogP contribution in [0.4, 0.5) is 5.13 Å². The fourth-order valence-electron chi connectivity index (χ4n) is 2.61. The lowest BCUT2D eigenvalue weighted by Gasteiger charge is -2.07. The van der Waals surface area contributed by atoms with E-state index in [1.807, 2.05) is 30.5 Å². The number of hydrogen-bond donors (Lipinski definition) is 1. The number of thiophene rings is 1. The van der Waals surface area contributed by atoms with E-state index in [1.165, 1.54) is 27.1 Å². The number of carbonyl (C=O) groups excluding carboxylic acids is 1. The lowest BCUT2D eigenvalue weighted by atomic mass is 10.1. The van der Waals surface area contributed by atoms with Crippen molar-refractivity contribution < 1.29 is 4.79 Å². The summed E-state index contributed by atoms with van der Waals surface area (Å²) in [5.74, 6) is 0.472. The van der Waals surface area contributed by atoms with Crippen LogP contribution in [-0.4, -0.2) is 25.7 Å². The first-order valence-corrected chi connectivity index (χ1v) is 11.0. The zero-order valence-corrected chi connectivity index (χ0v) is 17.2. The Morgan fingerprint density at radius 1 is 1.25 bits per heavy atom. The summed E-state index contributed by atoms with van der Waals surface area (Å²) in [5.41, 5.74) is 1.33. The smallest absolute Gasteiger partial charge is 0.261 e. The molecule has 1 N–H and O–H groups in total. The number of nitrogens with one attached hydrogen (secondary N) is 1. The molecular formula is C18H15N5O2S3. The maximum absolute atomic E-state index is 12.6. The predicted octanol–water partition coefficient (Wildman–Crippen LogP) is 3.55. The molecule has 0 bridgehead atoms. The van der Waals surface area contributed by atoms with Crippen LogP contribution < -0.4 is 10.9 Å². The number of rotatable bonds is 6. The largest absolute Gasteiger partial charge is 0.299 e. The molecule has 0 aliphatic heterocycles. The molecule has 3 aromatic heterocycles. The average Bonchev–Trinajstić information content (AvgIpc) is 3.35. The third-order valence-electron chi connectivity index (χ3n) is 3.94. The second-order valence-corrected chi connectivity index (χ2v) is 9.17. The Morgan fingerprint density at radius 2 is 2.14 bits per heavy atom. The van der Waals surface area contributed by atoms with Gasteiger partial charge < -0.3 is 0 Å². The third-order valence-corrected chi connectivity index (χ3v) is 7.02. The molecule has 142 valence electrons. The van der Waals surface area contributed by atoms with Crippen LogP contribution in [-0.2, 0) is 17.1 Å². The van der Waals surface area contributed by atoms with Crippen molar-refractivity contribution in [1.29, 1.82) is 0 Å². The fourth-order valence-corrected chi connectivity index (χ4v) is 5.15.